The molecule has 0 bridgehead atoms. The zero-order valence-electron chi connectivity index (χ0n) is 18.5. The summed E-state index contributed by atoms with van der Waals surface area (Å²) in [6.45, 7) is 11.5. The third kappa shape index (κ3) is 9.48. The number of ketones is 1. The maximum absolute atomic E-state index is 11.9. The quantitative estimate of drug-likeness (QED) is 0.545. The van der Waals surface area contributed by atoms with Crippen molar-refractivity contribution in [3.63, 3.8) is 0 Å². The number of aliphatic hydroxyl groups is 1. The van der Waals surface area contributed by atoms with Crippen molar-refractivity contribution >= 4 is 16.9 Å². The van der Waals surface area contributed by atoms with Crippen molar-refractivity contribution in [1.29, 1.82) is 0 Å². The Labute approximate surface area is 185 Å². The van der Waals surface area contributed by atoms with Crippen LogP contribution in [0.4, 0.5) is 0 Å². The van der Waals surface area contributed by atoms with Gasteiger partial charge in [0.2, 0.25) is 11.2 Å². The second-order valence-corrected chi connectivity index (χ2v) is 6.70. The van der Waals surface area contributed by atoms with E-state index in [1.807, 2.05) is 39.8 Å². The first-order valence-electron chi connectivity index (χ1n) is 9.63. The monoisotopic (exact) mass is 450 g/mol. The van der Waals surface area contributed by atoms with Crippen molar-refractivity contribution in [2.45, 2.75) is 26.8 Å². The van der Waals surface area contributed by atoms with Crippen molar-refractivity contribution in [3.8, 4) is 0 Å². The third-order valence-corrected chi connectivity index (χ3v) is 4.62. The number of nitrogens with zero attached hydrogens (tertiary/aromatic N) is 3. The second-order valence-electron chi connectivity index (χ2n) is 6.70. The zero-order chi connectivity index (χ0) is 20.4. The fourth-order valence-electron chi connectivity index (χ4n) is 2.54. The third-order valence-electron chi connectivity index (χ3n) is 4.62. The van der Waals surface area contributed by atoms with Crippen LogP contribution in [0.1, 0.15) is 31.1 Å². The molecule has 2 heterocycles. The van der Waals surface area contributed by atoms with E-state index in [1.54, 1.807) is 18.2 Å². The number of Topliss-reactive ketones (excluding diaryl/α,β-unsaturated/α-hetero) is 1. The molecule has 1 radical (unpaired) electrons. The summed E-state index contributed by atoms with van der Waals surface area (Å²) >= 11 is 0. The molecule has 3 N–H and O–H groups in total. The van der Waals surface area contributed by atoms with Gasteiger partial charge in [-0.3, -0.25) is 23.7 Å². The molecule has 1 saturated heterocycles. The van der Waals surface area contributed by atoms with Crippen LogP contribution in [0.5, 0.6) is 0 Å². The molecule has 1 aromatic carbocycles. The molecule has 167 valence electrons. The molecule has 3 rings (SSSR count). The molecule has 29 heavy (non-hydrogen) atoms. The summed E-state index contributed by atoms with van der Waals surface area (Å²) in [5, 5.41) is 8.63. The van der Waals surface area contributed by atoms with E-state index in [4.69, 9.17) is 14.3 Å². The molecule has 0 aliphatic carbocycles. The molecular weight excluding hydrogens is 413 g/mol. The summed E-state index contributed by atoms with van der Waals surface area (Å²) in [4.78, 5) is 18.4. The number of piperazine rings is 1. The molecule has 1 fully saturated rings. The van der Waals surface area contributed by atoms with Gasteiger partial charge in [-0.15, -0.1) is 0 Å². The van der Waals surface area contributed by atoms with E-state index in [0.29, 0.717) is 23.3 Å². The molecule has 2 aromatic rings. The molecule has 0 spiro atoms. The SMILES string of the molecule is CC.CC(C(=O)c1ccc2ooc2c1)N(C)C.CN1CCN(CCO)CC1.O.[V]. The smallest absolute Gasteiger partial charge is 0.226 e. The number of β-amino-alcohol motifs (C(OH)–C–C–N with tert-alkyl or cyclic N) is 1. The van der Waals surface area contributed by atoms with Crippen LogP contribution in [0.25, 0.3) is 11.2 Å². The standard InChI is InChI=1S/C11H13NO3.C7H16N2O.C2H6.H2O.V/c1-7(12(2)3)11(13)8-4-5-9-10(6-8)15-14-9;1-8-2-4-9(5-3-8)6-7-10;1-2;;/h4-7H,1-3H3;10H,2-7H2,1H3;1-2H3;1H2;. The minimum atomic E-state index is -0.135. The van der Waals surface area contributed by atoms with E-state index in [2.05, 4.69) is 16.8 Å². The van der Waals surface area contributed by atoms with Crippen LogP contribution in [0.3, 0.4) is 0 Å². The summed E-state index contributed by atoms with van der Waals surface area (Å²) < 4.78 is 9.44. The Morgan fingerprint density at radius 2 is 1.69 bits per heavy atom. The van der Waals surface area contributed by atoms with Gasteiger partial charge >= 0.3 is 0 Å². The van der Waals surface area contributed by atoms with Crippen molar-refractivity contribution in [1.82, 2.24) is 14.7 Å². The van der Waals surface area contributed by atoms with Gasteiger partial charge in [0.25, 0.3) is 0 Å². The first kappa shape index (κ1) is 30.1. The molecule has 1 atom stereocenters. The summed E-state index contributed by atoms with van der Waals surface area (Å²) in [5.41, 5.74) is 1.97. The van der Waals surface area contributed by atoms with E-state index >= 15 is 0 Å². The summed E-state index contributed by atoms with van der Waals surface area (Å²) in [7, 11) is 5.89. The average molecular weight is 450 g/mol. The first-order valence-corrected chi connectivity index (χ1v) is 9.63. The summed E-state index contributed by atoms with van der Waals surface area (Å²) in [5.74, 6) is 0.0818. The maximum Gasteiger partial charge on any atom is 0.226 e. The van der Waals surface area contributed by atoms with Gasteiger partial charge < -0.3 is 15.5 Å². The van der Waals surface area contributed by atoms with Gasteiger partial charge in [-0.05, 0) is 40.2 Å². The predicted molar refractivity (Wildman–Crippen MR) is 112 cm³/mol. The van der Waals surface area contributed by atoms with E-state index < -0.39 is 0 Å². The Hall–Kier alpha value is -1.13. The van der Waals surface area contributed by atoms with Crippen LogP contribution in [0, 0.1) is 0 Å². The topological polar surface area (TPSA) is 105 Å². The van der Waals surface area contributed by atoms with Gasteiger partial charge in [0, 0.05) is 62.9 Å². The summed E-state index contributed by atoms with van der Waals surface area (Å²) in [6, 6.07) is 5.07. The minimum Gasteiger partial charge on any atom is -0.412 e. The Bertz CT molecular complexity index is 666. The molecular formula is C20H37N3O5V. The molecule has 0 saturated carbocycles. The van der Waals surface area contributed by atoms with Crippen molar-refractivity contribution in [3.05, 3.63) is 23.8 Å². The number of hydrogen-bond acceptors (Lipinski definition) is 7. The van der Waals surface area contributed by atoms with Gasteiger partial charge in [0.1, 0.15) is 0 Å². The van der Waals surface area contributed by atoms with Gasteiger partial charge in [-0.25, -0.2) is 0 Å². The Morgan fingerprint density at radius 3 is 2.10 bits per heavy atom. The molecule has 8 nitrogen and oxygen atoms in total. The molecule has 0 amide bonds. The van der Waals surface area contributed by atoms with Crippen molar-refractivity contribution in [2.24, 2.45) is 0 Å². The number of fused-ring (bicyclic) bond motifs is 1. The molecule has 9 heteroatoms. The van der Waals surface area contributed by atoms with Gasteiger partial charge in [0.05, 0.1) is 12.6 Å². The van der Waals surface area contributed by atoms with E-state index in [0.717, 1.165) is 32.7 Å². The Kier molecular flexibility index (Phi) is 16.3. The molecule has 1 aromatic heterocycles. The van der Waals surface area contributed by atoms with E-state index in [1.165, 1.54) is 0 Å². The number of rotatable bonds is 5. The fraction of sp³-hybridized carbons (Fsp3) is 0.650. The van der Waals surface area contributed by atoms with Gasteiger partial charge in [-0.2, -0.15) is 0 Å². The van der Waals surface area contributed by atoms with Crippen LogP contribution in [-0.4, -0.2) is 97.6 Å². The van der Waals surface area contributed by atoms with E-state index in [-0.39, 0.29) is 35.9 Å². The largest absolute Gasteiger partial charge is 0.412 e. The van der Waals surface area contributed by atoms with Gasteiger partial charge in [-0.1, -0.05) is 13.8 Å². The summed E-state index contributed by atoms with van der Waals surface area (Å²) in [6.07, 6.45) is 0. The number of likely N-dealkylation sites (N-methyl/N-ethyl adjacent to an activating group) is 2. The number of carbonyl (C=O) groups excluding carboxylic acids is 1. The van der Waals surface area contributed by atoms with Crippen molar-refractivity contribution < 1.29 is 43.1 Å². The zero-order valence-corrected chi connectivity index (χ0v) is 19.9. The van der Waals surface area contributed by atoms with Crippen LogP contribution in [0.2, 0.25) is 0 Å². The van der Waals surface area contributed by atoms with Crippen LogP contribution >= 0.6 is 0 Å². The van der Waals surface area contributed by atoms with Gasteiger partial charge in [0.15, 0.2) is 5.78 Å². The number of carbonyl (C=O) groups is 1. The maximum atomic E-state index is 11.9. The Balaban J connectivity index is 0. The predicted octanol–water partition coefficient (Wildman–Crippen LogP) is 1.58. The number of benzene rings is 1. The first-order chi connectivity index (χ1) is 12.9. The van der Waals surface area contributed by atoms with Crippen LogP contribution in [0.15, 0.2) is 27.4 Å². The Morgan fingerprint density at radius 1 is 1.14 bits per heavy atom. The van der Waals surface area contributed by atoms with E-state index in [9.17, 15) is 4.79 Å². The normalized spacial score (nSPS) is 15.3. The molecule has 1 aliphatic heterocycles. The number of hydrogen-bond donors (Lipinski definition) is 1. The molecule has 1 aliphatic rings. The number of aliphatic hydroxyl groups excluding tert-OH is 1. The minimum absolute atomic E-state index is 0. The van der Waals surface area contributed by atoms with Crippen LogP contribution in [-0.2, 0) is 18.6 Å². The average Bonchev–Trinajstić information content (AvgIpc) is 2.66. The second kappa shape index (κ2) is 15.7. The molecule has 1 unspecified atom stereocenters. The fourth-order valence-corrected chi connectivity index (χ4v) is 2.54. The van der Waals surface area contributed by atoms with Crippen LogP contribution < -0.4 is 0 Å². The van der Waals surface area contributed by atoms with Crippen molar-refractivity contribution in [2.75, 3.05) is 60.5 Å².